The number of carbonyl (C=O) groups is 1. The summed E-state index contributed by atoms with van der Waals surface area (Å²) in [5, 5.41) is 0. The van der Waals surface area contributed by atoms with Crippen LogP contribution in [0.1, 0.15) is 12.5 Å². The smallest absolute Gasteiger partial charge is 0.326 e. The summed E-state index contributed by atoms with van der Waals surface area (Å²) in [6.07, 6.45) is 1.29. The summed E-state index contributed by atoms with van der Waals surface area (Å²) < 4.78 is 20.4. The Kier molecular flexibility index (Phi) is 5.07. The summed E-state index contributed by atoms with van der Waals surface area (Å²) in [5.41, 5.74) is 0.116. The fourth-order valence-corrected chi connectivity index (χ4v) is 2.30. The molecule has 116 valence electrons. The van der Waals surface area contributed by atoms with Gasteiger partial charge in [0.25, 0.3) is 5.56 Å². The molecule has 1 heterocycles. The van der Waals surface area contributed by atoms with E-state index in [0.29, 0.717) is 5.56 Å². The SMILES string of the molecule is CCOC(=O)Cn1c(-c2cccc(C)c2F)ncc(Br)c1=O. The minimum atomic E-state index is -0.584. The number of benzene rings is 1. The summed E-state index contributed by atoms with van der Waals surface area (Å²) in [7, 11) is 0. The highest BCUT2D eigenvalue weighted by atomic mass is 79.9. The Morgan fingerprint density at radius 1 is 1.45 bits per heavy atom. The lowest BCUT2D eigenvalue weighted by atomic mass is 10.1. The van der Waals surface area contributed by atoms with Crippen molar-refractivity contribution in [3.63, 3.8) is 0 Å². The second-order valence-electron chi connectivity index (χ2n) is 4.56. The zero-order valence-electron chi connectivity index (χ0n) is 12.1. The second kappa shape index (κ2) is 6.83. The van der Waals surface area contributed by atoms with Crippen LogP contribution in [0.3, 0.4) is 0 Å². The first-order valence-electron chi connectivity index (χ1n) is 6.62. The molecule has 0 saturated heterocycles. The molecule has 0 atom stereocenters. The van der Waals surface area contributed by atoms with Crippen LogP contribution < -0.4 is 5.56 Å². The molecule has 0 aliphatic carbocycles. The average Bonchev–Trinajstić information content (AvgIpc) is 2.48. The highest BCUT2D eigenvalue weighted by Crippen LogP contribution is 2.22. The van der Waals surface area contributed by atoms with Gasteiger partial charge in [-0.3, -0.25) is 14.2 Å². The van der Waals surface area contributed by atoms with Crippen molar-refractivity contribution in [3.8, 4) is 11.4 Å². The molecule has 0 spiro atoms. The highest BCUT2D eigenvalue weighted by Gasteiger charge is 2.18. The van der Waals surface area contributed by atoms with Crippen LogP contribution in [0, 0.1) is 12.7 Å². The molecule has 0 saturated carbocycles. The second-order valence-corrected chi connectivity index (χ2v) is 5.42. The van der Waals surface area contributed by atoms with Crippen LogP contribution in [-0.4, -0.2) is 22.1 Å². The molecule has 0 fully saturated rings. The molecular formula is C15H14BrFN2O3. The van der Waals surface area contributed by atoms with Gasteiger partial charge in [0.2, 0.25) is 0 Å². The zero-order valence-corrected chi connectivity index (χ0v) is 13.7. The van der Waals surface area contributed by atoms with E-state index in [1.165, 1.54) is 12.3 Å². The molecule has 2 aromatic rings. The Morgan fingerprint density at radius 2 is 2.18 bits per heavy atom. The molecule has 7 heteroatoms. The van der Waals surface area contributed by atoms with Gasteiger partial charge in [-0.2, -0.15) is 0 Å². The third-order valence-electron chi connectivity index (χ3n) is 3.03. The first-order chi connectivity index (χ1) is 10.5. The predicted octanol–water partition coefficient (Wildman–Crippen LogP) is 2.68. The maximum atomic E-state index is 14.3. The molecule has 2 rings (SSSR count). The summed E-state index contributed by atoms with van der Waals surface area (Å²) in [4.78, 5) is 28.0. The average molecular weight is 369 g/mol. The van der Waals surface area contributed by atoms with Crippen LogP contribution in [0.5, 0.6) is 0 Å². The van der Waals surface area contributed by atoms with E-state index in [4.69, 9.17) is 4.74 Å². The van der Waals surface area contributed by atoms with E-state index in [1.54, 1.807) is 26.0 Å². The van der Waals surface area contributed by atoms with Crippen LogP contribution in [-0.2, 0) is 16.1 Å². The monoisotopic (exact) mass is 368 g/mol. The zero-order chi connectivity index (χ0) is 16.3. The lowest BCUT2D eigenvalue weighted by Crippen LogP contribution is -2.28. The molecular weight excluding hydrogens is 355 g/mol. The molecule has 0 amide bonds. The van der Waals surface area contributed by atoms with Crippen LogP contribution >= 0.6 is 15.9 Å². The minimum absolute atomic E-state index is 0.0856. The quantitative estimate of drug-likeness (QED) is 0.778. The normalized spacial score (nSPS) is 10.5. The third-order valence-corrected chi connectivity index (χ3v) is 3.57. The van der Waals surface area contributed by atoms with Crippen LogP contribution in [0.25, 0.3) is 11.4 Å². The molecule has 0 aliphatic rings. The first-order valence-corrected chi connectivity index (χ1v) is 7.41. The molecule has 0 aliphatic heterocycles. The van der Waals surface area contributed by atoms with Crippen molar-refractivity contribution in [1.82, 2.24) is 9.55 Å². The number of ether oxygens (including phenoxy) is 1. The molecule has 0 radical (unpaired) electrons. The summed E-state index contributed by atoms with van der Waals surface area (Å²) in [6, 6.07) is 4.79. The van der Waals surface area contributed by atoms with Crippen molar-refractivity contribution in [3.05, 3.63) is 50.6 Å². The van der Waals surface area contributed by atoms with Crippen LogP contribution in [0.2, 0.25) is 0 Å². The van der Waals surface area contributed by atoms with Gasteiger partial charge in [0, 0.05) is 6.20 Å². The Bertz CT molecular complexity index is 774. The maximum Gasteiger partial charge on any atom is 0.326 e. The highest BCUT2D eigenvalue weighted by molar-refractivity contribution is 9.10. The van der Waals surface area contributed by atoms with Gasteiger partial charge in [0.15, 0.2) is 0 Å². The van der Waals surface area contributed by atoms with E-state index in [2.05, 4.69) is 20.9 Å². The van der Waals surface area contributed by atoms with Crippen LogP contribution in [0.15, 0.2) is 33.7 Å². The van der Waals surface area contributed by atoms with Gasteiger partial charge in [-0.05, 0) is 41.4 Å². The van der Waals surface area contributed by atoms with E-state index >= 15 is 0 Å². The van der Waals surface area contributed by atoms with Gasteiger partial charge in [-0.15, -0.1) is 0 Å². The summed E-state index contributed by atoms with van der Waals surface area (Å²) >= 11 is 3.07. The Labute approximate surface area is 134 Å². The number of aromatic nitrogens is 2. The van der Waals surface area contributed by atoms with E-state index in [0.717, 1.165) is 4.57 Å². The number of hydrogen-bond acceptors (Lipinski definition) is 4. The van der Waals surface area contributed by atoms with Crippen molar-refractivity contribution in [2.24, 2.45) is 0 Å². The van der Waals surface area contributed by atoms with Crippen LogP contribution in [0.4, 0.5) is 4.39 Å². The number of halogens is 2. The summed E-state index contributed by atoms with van der Waals surface area (Å²) in [6.45, 7) is 3.15. The minimum Gasteiger partial charge on any atom is -0.465 e. The van der Waals surface area contributed by atoms with Gasteiger partial charge >= 0.3 is 5.97 Å². The summed E-state index contributed by atoms with van der Waals surface area (Å²) in [5.74, 6) is -0.976. The van der Waals surface area contributed by atoms with Gasteiger partial charge in [0.1, 0.15) is 22.7 Å². The molecule has 0 bridgehead atoms. The Morgan fingerprint density at radius 3 is 2.86 bits per heavy atom. The number of nitrogens with zero attached hydrogens (tertiary/aromatic N) is 2. The number of hydrogen-bond donors (Lipinski definition) is 0. The topological polar surface area (TPSA) is 61.2 Å². The first kappa shape index (κ1) is 16.4. The predicted molar refractivity (Wildman–Crippen MR) is 83.0 cm³/mol. The van der Waals surface area contributed by atoms with Gasteiger partial charge in [0.05, 0.1) is 12.2 Å². The molecule has 5 nitrogen and oxygen atoms in total. The molecule has 22 heavy (non-hydrogen) atoms. The number of rotatable bonds is 4. The molecule has 1 aromatic heterocycles. The molecule has 1 aromatic carbocycles. The fourth-order valence-electron chi connectivity index (χ4n) is 1.99. The number of esters is 1. The molecule has 0 unspecified atom stereocenters. The van der Waals surface area contributed by atoms with Crippen molar-refractivity contribution < 1.29 is 13.9 Å². The van der Waals surface area contributed by atoms with E-state index in [9.17, 15) is 14.0 Å². The Hall–Kier alpha value is -2.02. The van der Waals surface area contributed by atoms with Gasteiger partial charge in [-0.1, -0.05) is 12.1 Å². The van der Waals surface area contributed by atoms with Crippen molar-refractivity contribution >= 4 is 21.9 Å². The standard InChI is InChI=1S/C15H14BrFN2O3/c1-3-22-12(20)8-19-14(18-7-11(16)15(19)21)10-6-4-5-9(2)13(10)17/h4-7H,3,8H2,1-2H3. The lowest BCUT2D eigenvalue weighted by Gasteiger charge is -2.13. The number of carbonyl (C=O) groups excluding carboxylic acids is 1. The molecule has 0 N–H and O–H groups in total. The van der Waals surface area contributed by atoms with E-state index < -0.39 is 17.3 Å². The van der Waals surface area contributed by atoms with E-state index in [-0.39, 0.29) is 29.0 Å². The van der Waals surface area contributed by atoms with Gasteiger partial charge < -0.3 is 4.74 Å². The third kappa shape index (κ3) is 3.24. The van der Waals surface area contributed by atoms with Gasteiger partial charge in [-0.25, -0.2) is 9.37 Å². The lowest BCUT2D eigenvalue weighted by molar-refractivity contribution is -0.143. The largest absolute Gasteiger partial charge is 0.465 e. The van der Waals surface area contributed by atoms with Crippen molar-refractivity contribution in [1.29, 1.82) is 0 Å². The number of aryl methyl sites for hydroxylation is 1. The van der Waals surface area contributed by atoms with E-state index in [1.807, 2.05) is 0 Å². The fraction of sp³-hybridized carbons (Fsp3) is 0.267. The van der Waals surface area contributed by atoms with Crippen molar-refractivity contribution in [2.45, 2.75) is 20.4 Å². The maximum absolute atomic E-state index is 14.3. The van der Waals surface area contributed by atoms with Crippen molar-refractivity contribution in [2.75, 3.05) is 6.61 Å². The Balaban J connectivity index is 2.61.